The summed E-state index contributed by atoms with van der Waals surface area (Å²) in [4.78, 5) is 2.71. The van der Waals surface area contributed by atoms with Gasteiger partial charge in [0.25, 0.3) is 0 Å². The number of rotatable bonds is 5. The second-order valence-corrected chi connectivity index (χ2v) is 9.82. The van der Waals surface area contributed by atoms with Crippen molar-refractivity contribution in [3.05, 3.63) is 29.8 Å². The first-order chi connectivity index (χ1) is 11.5. The van der Waals surface area contributed by atoms with E-state index in [1.807, 2.05) is 12.1 Å². The van der Waals surface area contributed by atoms with Gasteiger partial charge in [-0.25, -0.2) is 8.42 Å². The lowest BCUT2D eigenvalue weighted by atomic mass is 9.97. The third-order valence-electron chi connectivity index (χ3n) is 6.08. The molecule has 3 atom stereocenters. The molecule has 1 N–H and O–H groups in total. The van der Waals surface area contributed by atoms with E-state index >= 15 is 0 Å². The molecule has 0 radical (unpaired) electrons. The molecule has 5 heteroatoms. The van der Waals surface area contributed by atoms with Crippen LogP contribution in [0.15, 0.2) is 24.3 Å². The van der Waals surface area contributed by atoms with E-state index in [-0.39, 0.29) is 5.25 Å². The lowest BCUT2D eigenvalue weighted by Crippen LogP contribution is -2.35. The van der Waals surface area contributed by atoms with Crippen molar-refractivity contribution in [2.24, 2.45) is 0 Å². The third-order valence-corrected chi connectivity index (χ3v) is 7.95. The minimum absolute atomic E-state index is 0.171. The van der Waals surface area contributed by atoms with Crippen LogP contribution >= 0.6 is 0 Å². The summed E-state index contributed by atoms with van der Waals surface area (Å²) >= 11 is 0. The van der Waals surface area contributed by atoms with E-state index in [4.69, 9.17) is 0 Å². The van der Waals surface area contributed by atoms with Gasteiger partial charge in [0.1, 0.15) is 0 Å². The molecule has 1 heterocycles. The Labute approximate surface area is 145 Å². The van der Waals surface area contributed by atoms with Crippen LogP contribution in [0, 0.1) is 0 Å². The van der Waals surface area contributed by atoms with Crippen LogP contribution in [0.3, 0.4) is 0 Å². The highest BCUT2D eigenvalue weighted by Gasteiger charge is 2.36. The molecule has 0 aromatic heterocycles. The summed E-state index contributed by atoms with van der Waals surface area (Å²) in [6.45, 7) is 3.63. The van der Waals surface area contributed by atoms with E-state index in [0.29, 0.717) is 11.6 Å². The summed E-state index contributed by atoms with van der Waals surface area (Å²) in [7, 11) is -3.15. The maximum absolute atomic E-state index is 12.0. The molecule has 0 spiro atoms. The number of hydrogen-bond donors (Lipinski definition) is 1. The fraction of sp³-hybridized carbons (Fsp3) is 0.684. The van der Waals surface area contributed by atoms with Gasteiger partial charge in [-0.3, -0.25) is 9.62 Å². The molecule has 1 aromatic carbocycles. The van der Waals surface area contributed by atoms with Crippen molar-refractivity contribution >= 4 is 15.7 Å². The van der Waals surface area contributed by atoms with Gasteiger partial charge < -0.3 is 0 Å². The summed E-state index contributed by atoms with van der Waals surface area (Å²) in [6.07, 6.45) is 8.08. The Morgan fingerprint density at radius 1 is 1.04 bits per heavy atom. The van der Waals surface area contributed by atoms with Crippen molar-refractivity contribution in [3.8, 4) is 0 Å². The predicted molar refractivity (Wildman–Crippen MR) is 97.8 cm³/mol. The Kier molecular flexibility index (Phi) is 4.33. The maximum atomic E-state index is 12.0. The standard InChI is InChI=1S/C19H28N2O2S/c1-14-3-2-12-21(14)18-9-6-16(13-18)15-4-7-17(8-5-15)20-24(22,23)19-10-11-19/h4-5,7-8,14,16,18-20H,2-3,6,9-13H2,1H3/t14-,16?,18-/m0/s1. The van der Waals surface area contributed by atoms with E-state index in [9.17, 15) is 8.42 Å². The fourth-order valence-corrected chi connectivity index (χ4v) is 5.90. The molecule has 1 aliphatic heterocycles. The monoisotopic (exact) mass is 348 g/mol. The molecule has 4 rings (SSSR count). The van der Waals surface area contributed by atoms with Gasteiger partial charge >= 0.3 is 0 Å². The number of hydrogen-bond acceptors (Lipinski definition) is 3. The van der Waals surface area contributed by atoms with Crippen LogP contribution in [0.2, 0.25) is 0 Å². The maximum Gasteiger partial charge on any atom is 0.235 e. The van der Waals surface area contributed by atoms with Crippen molar-refractivity contribution < 1.29 is 8.42 Å². The minimum atomic E-state index is -3.15. The largest absolute Gasteiger partial charge is 0.298 e. The lowest BCUT2D eigenvalue weighted by Gasteiger charge is -2.28. The normalized spacial score (nSPS) is 31.5. The Morgan fingerprint density at radius 3 is 2.42 bits per heavy atom. The van der Waals surface area contributed by atoms with Crippen LogP contribution in [0.4, 0.5) is 5.69 Å². The van der Waals surface area contributed by atoms with Crippen molar-refractivity contribution in [2.45, 2.75) is 75.1 Å². The van der Waals surface area contributed by atoms with Crippen LogP contribution in [-0.2, 0) is 10.0 Å². The smallest absolute Gasteiger partial charge is 0.235 e. The van der Waals surface area contributed by atoms with Crippen molar-refractivity contribution in [3.63, 3.8) is 0 Å². The van der Waals surface area contributed by atoms with Gasteiger partial charge in [-0.1, -0.05) is 12.1 Å². The van der Waals surface area contributed by atoms with Crippen LogP contribution in [0.1, 0.15) is 63.4 Å². The number of likely N-dealkylation sites (tertiary alicyclic amines) is 1. The molecule has 3 fully saturated rings. The number of anilines is 1. The Balaban J connectivity index is 1.38. The van der Waals surface area contributed by atoms with Gasteiger partial charge in [-0.05, 0) is 82.0 Å². The lowest BCUT2D eigenvalue weighted by molar-refractivity contribution is 0.191. The highest BCUT2D eigenvalue weighted by atomic mass is 32.2. The van der Waals surface area contributed by atoms with Crippen LogP contribution in [0.5, 0.6) is 0 Å². The summed E-state index contributed by atoms with van der Waals surface area (Å²) in [6, 6.07) is 9.58. The van der Waals surface area contributed by atoms with Crippen molar-refractivity contribution in [1.29, 1.82) is 0 Å². The quantitative estimate of drug-likeness (QED) is 0.882. The molecule has 132 valence electrons. The first-order valence-electron chi connectivity index (χ1n) is 9.40. The molecule has 2 aliphatic carbocycles. The van der Waals surface area contributed by atoms with Gasteiger partial charge in [0.05, 0.1) is 5.25 Å². The van der Waals surface area contributed by atoms with Gasteiger partial charge in [0.2, 0.25) is 10.0 Å². The SMILES string of the molecule is C[C@H]1CCCN1[C@H]1CCC(c2ccc(NS(=O)(=O)C3CC3)cc2)C1. The van der Waals surface area contributed by atoms with Gasteiger partial charge in [-0.2, -0.15) is 0 Å². The highest BCUT2D eigenvalue weighted by molar-refractivity contribution is 7.93. The second-order valence-electron chi connectivity index (χ2n) is 7.86. The number of sulfonamides is 1. The molecule has 4 nitrogen and oxygen atoms in total. The zero-order chi connectivity index (χ0) is 16.7. The second kappa shape index (κ2) is 6.34. The molecule has 1 unspecified atom stereocenters. The molecule has 1 saturated heterocycles. The first-order valence-corrected chi connectivity index (χ1v) is 10.9. The van der Waals surface area contributed by atoms with Crippen LogP contribution < -0.4 is 4.72 Å². The molecule has 2 saturated carbocycles. The fourth-order valence-electron chi connectivity index (χ4n) is 4.51. The van der Waals surface area contributed by atoms with E-state index in [0.717, 1.165) is 24.9 Å². The average Bonchev–Trinajstić information content (AvgIpc) is 3.18. The summed E-state index contributed by atoms with van der Waals surface area (Å²) in [5, 5.41) is -0.171. The van der Waals surface area contributed by atoms with Crippen molar-refractivity contribution in [1.82, 2.24) is 4.90 Å². The van der Waals surface area contributed by atoms with Gasteiger partial charge in [-0.15, -0.1) is 0 Å². The summed E-state index contributed by atoms with van der Waals surface area (Å²) in [5.41, 5.74) is 2.06. The molecule has 1 aromatic rings. The van der Waals surface area contributed by atoms with Crippen LogP contribution in [-0.4, -0.2) is 37.2 Å². The van der Waals surface area contributed by atoms with E-state index < -0.39 is 10.0 Å². The van der Waals surface area contributed by atoms with Crippen LogP contribution in [0.25, 0.3) is 0 Å². The number of benzene rings is 1. The summed E-state index contributed by atoms with van der Waals surface area (Å²) in [5.74, 6) is 0.622. The highest BCUT2D eigenvalue weighted by Crippen LogP contribution is 2.39. The molecule has 3 aliphatic rings. The first kappa shape index (κ1) is 16.4. The van der Waals surface area contributed by atoms with E-state index in [1.165, 1.54) is 44.2 Å². The number of nitrogens with zero attached hydrogens (tertiary/aromatic N) is 1. The molecule has 0 amide bonds. The summed E-state index contributed by atoms with van der Waals surface area (Å²) < 4.78 is 26.7. The topological polar surface area (TPSA) is 49.4 Å². The predicted octanol–water partition coefficient (Wildman–Crippen LogP) is 3.71. The van der Waals surface area contributed by atoms with E-state index in [2.05, 4.69) is 28.7 Å². The van der Waals surface area contributed by atoms with Gasteiger partial charge in [0, 0.05) is 17.8 Å². The van der Waals surface area contributed by atoms with Crippen molar-refractivity contribution in [2.75, 3.05) is 11.3 Å². The Hall–Kier alpha value is -1.07. The zero-order valence-corrected chi connectivity index (χ0v) is 15.3. The average molecular weight is 349 g/mol. The molecule has 24 heavy (non-hydrogen) atoms. The minimum Gasteiger partial charge on any atom is -0.298 e. The Morgan fingerprint density at radius 2 is 1.79 bits per heavy atom. The third kappa shape index (κ3) is 3.33. The molecular formula is C19H28N2O2S. The van der Waals surface area contributed by atoms with E-state index in [1.54, 1.807) is 0 Å². The Bertz CT molecular complexity index is 682. The molecule has 0 bridgehead atoms. The number of nitrogens with one attached hydrogen (secondary N) is 1. The zero-order valence-electron chi connectivity index (χ0n) is 14.4. The molecular weight excluding hydrogens is 320 g/mol. The van der Waals surface area contributed by atoms with Gasteiger partial charge in [0.15, 0.2) is 0 Å².